The van der Waals surface area contributed by atoms with E-state index < -0.39 is 5.60 Å². The first-order valence-electron chi connectivity index (χ1n) is 2.59. The molecular weight excluding hydrogens is 116 g/mol. The van der Waals surface area contributed by atoms with Crippen LogP contribution in [0.3, 0.4) is 0 Å². The van der Waals surface area contributed by atoms with Crippen molar-refractivity contribution in [2.45, 2.75) is 25.4 Å². The average Bonchev–Trinajstić information content (AvgIpc) is 1.64. The second-order valence-corrected chi connectivity index (χ2v) is 2.17. The third kappa shape index (κ3) is 3.52. The van der Waals surface area contributed by atoms with Gasteiger partial charge in [0.25, 0.3) is 0 Å². The molecule has 0 rings (SSSR count). The number of nitriles is 2. The van der Waals surface area contributed by atoms with Crippen LogP contribution >= 0.6 is 0 Å². The van der Waals surface area contributed by atoms with Crippen molar-refractivity contribution in [3.8, 4) is 12.1 Å². The predicted octanol–water partition coefficient (Wildman–Crippen LogP) is 0.565. The normalized spacial score (nSPS) is 9.78. The fourth-order valence-corrected chi connectivity index (χ4v) is 0.403. The zero-order chi connectivity index (χ0) is 7.33. The smallest absolute Gasteiger partial charge is 0.0878 e. The van der Waals surface area contributed by atoms with Gasteiger partial charge in [-0.05, 0) is 6.92 Å². The topological polar surface area (TPSA) is 67.8 Å². The highest BCUT2D eigenvalue weighted by molar-refractivity contribution is 4.91. The zero-order valence-corrected chi connectivity index (χ0v) is 5.26. The predicted molar refractivity (Wildman–Crippen MR) is 31.1 cm³/mol. The molecule has 0 saturated heterocycles. The summed E-state index contributed by atoms with van der Waals surface area (Å²) >= 11 is 0. The van der Waals surface area contributed by atoms with Crippen LogP contribution < -0.4 is 0 Å². The Morgan fingerprint density at radius 2 is 1.67 bits per heavy atom. The molecule has 9 heavy (non-hydrogen) atoms. The van der Waals surface area contributed by atoms with Gasteiger partial charge in [-0.25, -0.2) is 0 Å². The SMILES string of the molecule is CC(O)(CC#N)CC#N. The molecule has 0 aliphatic carbocycles. The van der Waals surface area contributed by atoms with E-state index in [1.54, 1.807) is 12.1 Å². The van der Waals surface area contributed by atoms with Crippen LogP contribution in [0.5, 0.6) is 0 Å². The Hall–Kier alpha value is -1.06. The fourth-order valence-electron chi connectivity index (χ4n) is 0.403. The van der Waals surface area contributed by atoms with E-state index in [-0.39, 0.29) is 12.8 Å². The number of nitrogens with zero attached hydrogens (tertiary/aromatic N) is 2. The molecule has 0 amide bonds. The summed E-state index contributed by atoms with van der Waals surface area (Å²) in [7, 11) is 0. The fraction of sp³-hybridized carbons (Fsp3) is 0.667. The molecule has 1 N–H and O–H groups in total. The highest BCUT2D eigenvalue weighted by Gasteiger charge is 2.18. The van der Waals surface area contributed by atoms with Gasteiger partial charge >= 0.3 is 0 Å². The molecule has 3 heteroatoms. The van der Waals surface area contributed by atoms with Crippen molar-refractivity contribution in [2.24, 2.45) is 0 Å². The van der Waals surface area contributed by atoms with E-state index in [0.29, 0.717) is 0 Å². The molecular formula is C6H8N2O. The first-order valence-corrected chi connectivity index (χ1v) is 2.59. The van der Waals surface area contributed by atoms with Crippen molar-refractivity contribution < 1.29 is 5.11 Å². The van der Waals surface area contributed by atoms with Crippen LogP contribution in [0.4, 0.5) is 0 Å². The van der Waals surface area contributed by atoms with Crippen LogP contribution in [0.1, 0.15) is 19.8 Å². The minimum absolute atomic E-state index is 0.0144. The maximum atomic E-state index is 9.07. The van der Waals surface area contributed by atoms with E-state index in [2.05, 4.69) is 0 Å². The average molecular weight is 124 g/mol. The summed E-state index contributed by atoms with van der Waals surface area (Å²) in [5.74, 6) is 0. The quantitative estimate of drug-likeness (QED) is 0.585. The maximum Gasteiger partial charge on any atom is 0.0878 e. The van der Waals surface area contributed by atoms with E-state index in [4.69, 9.17) is 15.6 Å². The molecule has 0 radical (unpaired) electrons. The van der Waals surface area contributed by atoms with E-state index in [0.717, 1.165) is 0 Å². The number of aliphatic hydroxyl groups is 1. The largest absolute Gasteiger partial charge is 0.388 e. The van der Waals surface area contributed by atoms with Crippen molar-refractivity contribution in [2.75, 3.05) is 0 Å². The van der Waals surface area contributed by atoms with Gasteiger partial charge in [-0.1, -0.05) is 0 Å². The van der Waals surface area contributed by atoms with Gasteiger partial charge in [0.2, 0.25) is 0 Å². The van der Waals surface area contributed by atoms with Crippen LogP contribution in [0.2, 0.25) is 0 Å². The molecule has 0 spiro atoms. The van der Waals surface area contributed by atoms with Gasteiger partial charge in [-0.15, -0.1) is 0 Å². The lowest BCUT2D eigenvalue weighted by molar-refractivity contribution is 0.0701. The van der Waals surface area contributed by atoms with E-state index in [9.17, 15) is 0 Å². The summed E-state index contributed by atoms with van der Waals surface area (Å²) in [5.41, 5.74) is -1.12. The summed E-state index contributed by atoms with van der Waals surface area (Å²) in [6, 6.07) is 3.58. The molecule has 0 fully saturated rings. The van der Waals surface area contributed by atoms with Gasteiger partial charge < -0.3 is 5.11 Å². The van der Waals surface area contributed by atoms with E-state index in [1.807, 2.05) is 0 Å². The molecule has 3 nitrogen and oxygen atoms in total. The minimum Gasteiger partial charge on any atom is -0.388 e. The monoisotopic (exact) mass is 124 g/mol. The first-order chi connectivity index (χ1) is 4.12. The second kappa shape index (κ2) is 3.06. The molecule has 0 unspecified atom stereocenters. The van der Waals surface area contributed by atoms with Crippen LogP contribution in [0.15, 0.2) is 0 Å². The van der Waals surface area contributed by atoms with Crippen LogP contribution in [0, 0.1) is 22.7 Å². The van der Waals surface area contributed by atoms with Gasteiger partial charge in [0.1, 0.15) is 0 Å². The molecule has 0 bridgehead atoms. The van der Waals surface area contributed by atoms with E-state index >= 15 is 0 Å². The molecule has 0 atom stereocenters. The number of rotatable bonds is 2. The lowest BCUT2D eigenvalue weighted by Crippen LogP contribution is -2.21. The van der Waals surface area contributed by atoms with Crippen LogP contribution in [0.25, 0.3) is 0 Å². The molecule has 0 saturated carbocycles. The van der Waals surface area contributed by atoms with Crippen LogP contribution in [-0.4, -0.2) is 10.7 Å². The minimum atomic E-state index is -1.12. The van der Waals surface area contributed by atoms with Crippen molar-refractivity contribution >= 4 is 0 Å². The van der Waals surface area contributed by atoms with Gasteiger partial charge in [-0.3, -0.25) is 0 Å². The van der Waals surface area contributed by atoms with Gasteiger partial charge in [-0.2, -0.15) is 10.5 Å². The molecule has 0 heterocycles. The lowest BCUT2D eigenvalue weighted by Gasteiger charge is -2.13. The van der Waals surface area contributed by atoms with Crippen molar-refractivity contribution in [1.82, 2.24) is 0 Å². The molecule has 0 aliphatic heterocycles. The van der Waals surface area contributed by atoms with E-state index in [1.165, 1.54) is 6.92 Å². The molecule has 48 valence electrons. The first kappa shape index (κ1) is 7.94. The third-order valence-electron chi connectivity index (χ3n) is 0.920. The zero-order valence-electron chi connectivity index (χ0n) is 5.26. The standard InChI is InChI=1S/C6H8N2O/c1-6(9,2-4-7)3-5-8/h9H,2-3H2,1H3. The molecule has 0 aromatic carbocycles. The lowest BCUT2D eigenvalue weighted by atomic mass is 10.0. The van der Waals surface area contributed by atoms with Crippen molar-refractivity contribution in [3.63, 3.8) is 0 Å². The Balaban J connectivity index is 3.77. The van der Waals surface area contributed by atoms with Crippen molar-refractivity contribution in [1.29, 1.82) is 10.5 Å². The van der Waals surface area contributed by atoms with Gasteiger partial charge in [0, 0.05) is 0 Å². The Labute approximate surface area is 54.1 Å². The Bertz CT molecular complexity index is 143. The number of hydrogen-bond donors (Lipinski definition) is 1. The second-order valence-electron chi connectivity index (χ2n) is 2.17. The highest BCUT2D eigenvalue weighted by Crippen LogP contribution is 2.11. The van der Waals surface area contributed by atoms with Crippen LogP contribution in [-0.2, 0) is 0 Å². The summed E-state index contributed by atoms with van der Waals surface area (Å²) in [5, 5.41) is 25.3. The summed E-state index contributed by atoms with van der Waals surface area (Å²) in [6.07, 6.45) is 0.0289. The summed E-state index contributed by atoms with van der Waals surface area (Å²) in [4.78, 5) is 0. The Morgan fingerprint density at radius 3 is 1.89 bits per heavy atom. The molecule has 0 aliphatic rings. The van der Waals surface area contributed by atoms with Crippen molar-refractivity contribution in [3.05, 3.63) is 0 Å². The van der Waals surface area contributed by atoms with Gasteiger partial charge in [0.05, 0.1) is 30.6 Å². The maximum absolute atomic E-state index is 9.07. The Kier molecular flexibility index (Phi) is 2.70. The number of hydrogen-bond acceptors (Lipinski definition) is 3. The third-order valence-corrected chi connectivity index (χ3v) is 0.920. The highest BCUT2D eigenvalue weighted by atomic mass is 16.3. The Morgan fingerprint density at radius 1 is 1.33 bits per heavy atom. The molecule has 0 aromatic rings. The summed E-state index contributed by atoms with van der Waals surface area (Å²) < 4.78 is 0. The molecule has 0 aromatic heterocycles. The summed E-state index contributed by atoms with van der Waals surface area (Å²) in [6.45, 7) is 1.47. The van der Waals surface area contributed by atoms with Gasteiger partial charge in [0.15, 0.2) is 0 Å².